The van der Waals surface area contributed by atoms with Crippen molar-refractivity contribution in [1.82, 2.24) is 25.3 Å². The minimum Gasteiger partial charge on any atom is -0.346 e. The number of pyridine rings is 1. The maximum atomic E-state index is 12.9. The van der Waals surface area contributed by atoms with Crippen LogP contribution in [-0.4, -0.2) is 25.9 Å². The van der Waals surface area contributed by atoms with Gasteiger partial charge in [0.25, 0.3) is 5.91 Å². The van der Waals surface area contributed by atoms with Crippen LogP contribution in [0.25, 0.3) is 16.9 Å². The van der Waals surface area contributed by atoms with Crippen molar-refractivity contribution in [2.45, 2.75) is 12.7 Å². The average molecular weight is 458 g/mol. The van der Waals surface area contributed by atoms with E-state index < -0.39 is 17.6 Å². The van der Waals surface area contributed by atoms with Crippen molar-refractivity contribution >= 4 is 17.5 Å². The van der Waals surface area contributed by atoms with Crippen LogP contribution in [0.1, 0.15) is 21.6 Å². The Morgan fingerprint density at radius 2 is 1.78 bits per heavy atom. The Balaban J connectivity index is 1.63. The highest BCUT2D eigenvalue weighted by Crippen LogP contribution is 2.30. The molecule has 0 saturated heterocycles. The van der Waals surface area contributed by atoms with Crippen molar-refractivity contribution in [1.29, 1.82) is 0 Å². The van der Waals surface area contributed by atoms with E-state index in [1.807, 2.05) is 0 Å². The zero-order chi connectivity index (χ0) is 22.7. The number of carbonyl (C=O) groups excluding carboxylic acids is 1. The van der Waals surface area contributed by atoms with E-state index in [0.717, 1.165) is 12.1 Å². The Morgan fingerprint density at radius 1 is 1.03 bits per heavy atom. The minimum absolute atomic E-state index is 0.0163. The van der Waals surface area contributed by atoms with Gasteiger partial charge in [-0.2, -0.15) is 13.2 Å². The molecule has 2 aromatic carbocycles. The fraction of sp³-hybridized carbons (Fsp3) is 0.0909. The van der Waals surface area contributed by atoms with E-state index in [0.29, 0.717) is 27.5 Å². The number of nitrogens with zero attached hydrogens (tertiary/aromatic N) is 4. The Kier molecular flexibility index (Phi) is 5.91. The highest BCUT2D eigenvalue weighted by molar-refractivity contribution is 6.32. The van der Waals surface area contributed by atoms with Gasteiger partial charge in [0, 0.05) is 24.5 Å². The first-order valence-electron chi connectivity index (χ1n) is 9.40. The van der Waals surface area contributed by atoms with Crippen LogP contribution in [0.4, 0.5) is 13.2 Å². The molecular weight excluding hydrogens is 443 g/mol. The normalized spacial score (nSPS) is 11.4. The summed E-state index contributed by atoms with van der Waals surface area (Å²) in [7, 11) is 0. The van der Waals surface area contributed by atoms with E-state index in [2.05, 4.69) is 20.6 Å². The maximum absolute atomic E-state index is 12.9. The molecular formula is C22H15ClF3N5O. The number of para-hydroxylation sites is 1. The van der Waals surface area contributed by atoms with Gasteiger partial charge >= 0.3 is 6.18 Å². The van der Waals surface area contributed by atoms with Crippen LogP contribution in [0.5, 0.6) is 0 Å². The van der Waals surface area contributed by atoms with Crippen LogP contribution < -0.4 is 5.32 Å². The lowest BCUT2D eigenvalue weighted by Crippen LogP contribution is -2.24. The van der Waals surface area contributed by atoms with Gasteiger partial charge in [-0.05, 0) is 42.0 Å². The number of alkyl halides is 3. The van der Waals surface area contributed by atoms with E-state index in [-0.39, 0.29) is 12.2 Å². The van der Waals surface area contributed by atoms with Crippen molar-refractivity contribution in [3.63, 3.8) is 0 Å². The average Bonchev–Trinajstić information content (AvgIpc) is 3.23. The summed E-state index contributed by atoms with van der Waals surface area (Å²) in [6.45, 7) is 0.0163. The molecule has 0 aliphatic heterocycles. The molecule has 0 radical (unpaired) electrons. The standard InChI is InChI=1S/C22H15ClF3N5O/c23-17-5-1-2-6-18(17)31-20(15-4-3-11-27-13-15)19(29-30-31)21(32)28-12-14-7-9-16(10-8-14)22(24,25)26/h1-11,13H,12H2,(H,28,32). The number of hydrogen-bond donors (Lipinski definition) is 1. The van der Waals surface area contributed by atoms with E-state index in [1.54, 1.807) is 48.8 Å². The Hall–Kier alpha value is -3.72. The van der Waals surface area contributed by atoms with Gasteiger partial charge in [0.2, 0.25) is 0 Å². The van der Waals surface area contributed by atoms with Crippen molar-refractivity contribution < 1.29 is 18.0 Å². The predicted molar refractivity (Wildman–Crippen MR) is 112 cm³/mol. The Morgan fingerprint density at radius 3 is 2.44 bits per heavy atom. The Labute approximate surface area is 185 Å². The van der Waals surface area contributed by atoms with Gasteiger partial charge in [0.1, 0.15) is 5.69 Å². The first-order valence-corrected chi connectivity index (χ1v) is 9.78. The van der Waals surface area contributed by atoms with Crippen LogP contribution in [0, 0.1) is 0 Å². The number of aromatic nitrogens is 4. The van der Waals surface area contributed by atoms with Crippen molar-refractivity contribution in [3.05, 3.63) is 94.9 Å². The lowest BCUT2D eigenvalue weighted by Gasteiger charge is -2.10. The van der Waals surface area contributed by atoms with Crippen LogP contribution in [0.2, 0.25) is 5.02 Å². The second-order valence-electron chi connectivity index (χ2n) is 6.77. The number of carbonyl (C=O) groups is 1. The molecule has 2 aromatic heterocycles. The van der Waals surface area contributed by atoms with Gasteiger partial charge in [0.15, 0.2) is 5.69 Å². The summed E-state index contributed by atoms with van der Waals surface area (Å²) in [6, 6.07) is 15.0. The molecule has 6 nitrogen and oxygen atoms in total. The van der Waals surface area contributed by atoms with E-state index in [1.165, 1.54) is 16.8 Å². The molecule has 1 N–H and O–H groups in total. The minimum atomic E-state index is -4.42. The zero-order valence-corrected chi connectivity index (χ0v) is 17.1. The zero-order valence-electron chi connectivity index (χ0n) is 16.3. The molecule has 1 amide bonds. The number of benzene rings is 2. The number of hydrogen-bond acceptors (Lipinski definition) is 4. The molecule has 0 aliphatic carbocycles. The highest BCUT2D eigenvalue weighted by Gasteiger charge is 2.30. The lowest BCUT2D eigenvalue weighted by atomic mass is 10.1. The number of amides is 1. The third kappa shape index (κ3) is 4.47. The first-order chi connectivity index (χ1) is 15.3. The fourth-order valence-corrected chi connectivity index (χ4v) is 3.28. The highest BCUT2D eigenvalue weighted by atomic mass is 35.5. The largest absolute Gasteiger partial charge is 0.416 e. The SMILES string of the molecule is O=C(NCc1ccc(C(F)(F)F)cc1)c1nnn(-c2ccccc2Cl)c1-c1cccnc1. The van der Waals surface area contributed by atoms with Gasteiger partial charge in [-0.15, -0.1) is 5.10 Å². The monoisotopic (exact) mass is 457 g/mol. The van der Waals surface area contributed by atoms with E-state index in [4.69, 9.17) is 11.6 Å². The molecule has 0 fully saturated rings. The molecule has 2 heterocycles. The number of rotatable bonds is 5. The molecule has 0 bridgehead atoms. The molecule has 0 unspecified atom stereocenters. The summed E-state index contributed by atoms with van der Waals surface area (Å²) in [6.07, 6.45) is -1.26. The second kappa shape index (κ2) is 8.80. The third-order valence-corrected chi connectivity index (χ3v) is 4.95. The van der Waals surface area contributed by atoms with Crippen molar-refractivity contribution in [3.8, 4) is 16.9 Å². The summed E-state index contributed by atoms with van der Waals surface area (Å²) < 4.78 is 39.6. The Bertz CT molecular complexity index is 1240. The summed E-state index contributed by atoms with van der Waals surface area (Å²) >= 11 is 6.31. The molecule has 0 atom stereocenters. The third-order valence-electron chi connectivity index (χ3n) is 4.64. The van der Waals surface area contributed by atoms with Gasteiger partial charge in [-0.25, -0.2) is 4.68 Å². The molecule has 32 heavy (non-hydrogen) atoms. The molecule has 4 aromatic rings. The van der Waals surface area contributed by atoms with Gasteiger partial charge in [-0.1, -0.05) is 41.1 Å². The fourth-order valence-electron chi connectivity index (χ4n) is 3.07. The van der Waals surface area contributed by atoms with Gasteiger partial charge < -0.3 is 5.32 Å². The van der Waals surface area contributed by atoms with Crippen LogP contribution in [-0.2, 0) is 12.7 Å². The predicted octanol–water partition coefficient (Wildman–Crippen LogP) is 4.93. The smallest absolute Gasteiger partial charge is 0.346 e. The van der Waals surface area contributed by atoms with Crippen LogP contribution in [0.15, 0.2) is 73.1 Å². The van der Waals surface area contributed by atoms with Crippen molar-refractivity contribution in [2.75, 3.05) is 0 Å². The summed E-state index contributed by atoms with van der Waals surface area (Å²) in [5, 5.41) is 11.2. The topological polar surface area (TPSA) is 72.7 Å². The van der Waals surface area contributed by atoms with E-state index >= 15 is 0 Å². The molecule has 10 heteroatoms. The lowest BCUT2D eigenvalue weighted by molar-refractivity contribution is -0.137. The van der Waals surface area contributed by atoms with Crippen LogP contribution >= 0.6 is 11.6 Å². The van der Waals surface area contributed by atoms with E-state index in [9.17, 15) is 18.0 Å². The summed E-state index contributed by atoms with van der Waals surface area (Å²) in [4.78, 5) is 17.0. The van der Waals surface area contributed by atoms with Gasteiger partial charge in [-0.3, -0.25) is 9.78 Å². The van der Waals surface area contributed by atoms with Crippen LogP contribution in [0.3, 0.4) is 0 Å². The molecule has 0 aliphatic rings. The summed E-state index contributed by atoms with van der Waals surface area (Å²) in [5.41, 5.74) is 1.29. The van der Waals surface area contributed by atoms with Crippen molar-refractivity contribution in [2.24, 2.45) is 0 Å². The molecule has 0 saturated carbocycles. The molecule has 162 valence electrons. The molecule has 4 rings (SSSR count). The number of nitrogens with one attached hydrogen (secondary N) is 1. The maximum Gasteiger partial charge on any atom is 0.416 e. The molecule has 0 spiro atoms. The quantitative estimate of drug-likeness (QED) is 0.461. The summed E-state index contributed by atoms with van der Waals surface area (Å²) in [5.74, 6) is -0.540. The second-order valence-corrected chi connectivity index (χ2v) is 7.18. The van der Waals surface area contributed by atoms with Gasteiger partial charge in [0.05, 0.1) is 16.3 Å². The number of halogens is 4. The first kappa shape index (κ1) is 21.5.